The van der Waals surface area contributed by atoms with Crippen molar-refractivity contribution in [3.05, 3.63) is 34.9 Å². The van der Waals surface area contributed by atoms with E-state index in [0.29, 0.717) is 5.02 Å². The van der Waals surface area contributed by atoms with Crippen LogP contribution in [0.2, 0.25) is 5.02 Å². The van der Waals surface area contributed by atoms with Crippen LogP contribution >= 0.6 is 11.6 Å². The Kier molecular flexibility index (Phi) is 5.89. The van der Waals surface area contributed by atoms with Crippen LogP contribution in [0.25, 0.3) is 6.08 Å². The zero-order valence-electron chi connectivity index (χ0n) is 8.97. The molecular weight excluding hydrogens is 194 g/mol. The monoisotopic (exact) mass is 209 g/mol. The lowest BCUT2D eigenvalue weighted by Crippen LogP contribution is -1.80. The van der Waals surface area contributed by atoms with Crippen molar-refractivity contribution in [1.29, 1.82) is 0 Å². The van der Waals surface area contributed by atoms with Gasteiger partial charge in [0, 0.05) is 10.6 Å². The molecule has 0 saturated carbocycles. The first-order valence-corrected chi connectivity index (χ1v) is 4.96. The van der Waals surface area contributed by atoms with Gasteiger partial charge in [0.05, 0.1) is 5.69 Å². The van der Waals surface area contributed by atoms with E-state index in [1.165, 1.54) is 0 Å². The van der Waals surface area contributed by atoms with E-state index in [9.17, 15) is 0 Å². The number of aliphatic imine (C=N–C) groups is 1. The largest absolute Gasteiger partial charge is 0.264 e. The molecule has 1 aromatic rings. The van der Waals surface area contributed by atoms with E-state index in [1.54, 1.807) is 6.08 Å². The normalized spacial score (nSPS) is 8.57. The van der Waals surface area contributed by atoms with Gasteiger partial charge in [0.1, 0.15) is 0 Å². The average molecular weight is 210 g/mol. The summed E-state index contributed by atoms with van der Waals surface area (Å²) in [5.74, 6) is 0. The molecule has 0 amide bonds. The van der Waals surface area contributed by atoms with Crippen LogP contribution < -0.4 is 0 Å². The number of aryl methyl sites for hydroxylation is 1. The first-order chi connectivity index (χ1) is 6.69. The molecule has 0 aliphatic heterocycles. The Labute approximate surface area is 91.1 Å². The second kappa shape index (κ2) is 6.39. The van der Waals surface area contributed by atoms with Gasteiger partial charge in [-0.1, -0.05) is 38.1 Å². The van der Waals surface area contributed by atoms with Crippen molar-refractivity contribution in [2.75, 3.05) is 0 Å². The van der Waals surface area contributed by atoms with Crippen LogP contribution in [-0.4, -0.2) is 6.72 Å². The topological polar surface area (TPSA) is 12.4 Å². The van der Waals surface area contributed by atoms with Gasteiger partial charge in [0.2, 0.25) is 0 Å². The SMILES string of the molecule is C=Cc1cc(Cl)cc(C)c1N=C.CC. The maximum atomic E-state index is 5.85. The third-order valence-electron chi connectivity index (χ3n) is 1.67. The minimum atomic E-state index is 0.704. The zero-order chi connectivity index (χ0) is 11.1. The van der Waals surface area contributed by atoms with Gasteiger partial charge in [-0.2, -0.15) is 0 Å². The number of nitrogens with zero attached hydrogens (tertiary/aromatic N) is 1. The Morgan fingerprint density at radius 1 is 1.36 bits per heavy atom. The molecule has 0 atom stereocenters. The van der Waals surface area contributed by atoms with E-state index < -0.39 is 0 Å². The molecule has 0 aliphatic rings. The second-order valence-electron chi connectivity index (χ2n) is 2.52. The van der Waals surface area contributed by atoms with Crippen LogP contribution in [0.5, 0.6) is 0 Å². The molecule has 1 nitrogen and oxygen atoms in total. The highest BCUT2D eigenvalue weighted by Crippen LogP contribution is 2.28. The Balaban J connectivity index is 0.000000791. The lowest BCUT2D eigenvalue weighted by atomic mass is 10.1. The summed E-state index contributed by atoms with van der Waals surface area (Å²) in [7, 11) is 0. The molecule has 0 spiro atoms. The van der Waals surface area contributed by atoms with Gasteiger partial charge in [-0.25, -0.2) is 0 Å². The standard InChI is InChI=1S/C10H10ClN.C2H6/c1-4-8-6-9(11)5-7(2)10(8)12-3;1-2/h4-6H,1,3H2,2H3;1-2H3. The lowest BCUT2D eigenvalue weighted by Gasteiger charge is -2.04. The fourth-order valence-corrected chi connectivity index (χ4v) is 1.41. The van der Waals surface area contributed by atoms with Crippen LogP contribution in [0.3, 0.4) is 0 Å². The van der Waals surface area contributed by atoms with E-state index in [0.717, 1.165) is 16.8 Å². The number of halogens is 1. The lowest BCUT2D eigenvalue weighted by molar-refractivity contribution is 1.40. The van der Waals surface area contributed by atoms with Gasteiger partial charge in [0.15, 0.2) is 0 Å². The molecule has 0 aromatic heterocycles. The molecule has 0 unspecified atom stereocenters. The van der Waals surface area contributed by atoms with E-state index in [4.69, 9.17) is 11.6 Å². The highest BCUT2D eigenvalue weighted by molar-refractivity contribution is 6.30. The van der Waals surface area contributed by atoms with Crippen LogP contribution in [0.4, 0.5) is 5.69 Å². The van der Waals surface area contributed by atoms with Crippen molar-refractivity contribution < 1.29 is 0 Å². The molecule has 0 N–H and O–H groups in total. The number of rotatable bonds is 2. The fraction of sp³-hybridized carbons (Fsp3) is 0.250. The molecule has 2 heteroatoms. The third kappa shape index (κ3) is 3.00. The van der Waals surface area contributed by atoms with Crippen LogP contribution in [0.15, 0.2) is 23.7 Å². The van der Waals surface area contributed by atoms with Crippen molar-refractivity contribution in [1.82, 2.24) is 0 Å². The Bertz CT molecular complexity index is 329. The van der Waals surface area contributed by atoms with Gasteiger partial charge in [-0.05, 0) is 31.3 Å². The van der Waals surface area contributed by atoms with Crippen molar-refractivity contribution >= 4 is 30.1 Å². The summed E-state index contributed by atoms with van der Waals surface area (Å²) in [6, 6.07) is 3.68. The van der Waals surface area contributed by atoms with Crippen molar-refractivity contribution in [3.63, 3.8) is 0 Å². The van der Waals surface area contributed by atoms with Crippen molar-refractivity contribution in [2.24, 2.45) is 4.99 Å². The van der Waals surface area contributed by atoms with E-state index >= 15 is 0 Å². The Morgan fingerprint density at radius 3 is 2.36 bits per heavy atom. The summed E-state index contributed by atoms with van der Waals surface area (Å²) >= 11 is 5.85. The minimum absolute atomic E-state index is 0.704. The molecular formula is C12H16ClN. The van der Waals surface area contributed by atoms with Gasteiger partial charge >= 0.3 is 0 Å². The van der Waals surface area contributed by atoms with Gasteiger partial charge in [-0.3, -0.25) is 4.99 Å². The summed E-state index contributed by atoms with van der Waals surface area (Å²) in [6.07, 6.45) is 1.73. The molecule has 76 valence electrons. The second-order valence-corrected chi connectivity index (χ2v) is 2.96. The number of hydrogen-bond acceptors (Lipinski definition) is 1. The summed E-state index contributed by atoms with van der Waals surface area (Å²) in [6.45, 7) is 13.1. The molecule has 0 fully saturated rings. The Morgan fingerprint density at radius 2 is 1.93 bits per heavy atom. The summed E-state index contributed by atoms with van der Waals surface area (Å²) in [5, 5.41) is 0.704. The molecule has 0 saturated heterocycles. The summed E-state index contributed by atoms with van der Waals surface area (Å²) in [5.41, 5.74) is 2.80. The van der Waals surface area contributed by atoms with Crippen molar-refractivity contribution in [2.45, 2.75) is 20.8 Å². The van der Waals surface area contributed by atoms with Gasteiger partial charge in [0.25, 0.3) is 0 Å². The van der Waals surface area contributed by atoms with Gasteiger partial charge in [-0.15, -0.1) is 0 Å². The van der Waals surface area contributed by atoms with E-state index in [-0.39, 0.29) is 0 Å². The summed E-state index contributed by atoms with van der Waals surface area (Å²) in [4.78, 5) is 3.90. The average Bonchev–Trinajstić information content (AvgIpc) is 2.19. The smallest absolute Gasteiger partial charge is 0.0724 e. The van der Waals surface area contributed by atoms with Crippen LogP contribution in [-0.2, 0) is 0 Å². The maximum absolute atomic E-state index is 5.85. The fourth-order valence-electron chi connectivity index (χ4n) is 1.13. The first kappa shape index (κ1) is 12.9. The van der Waals surface area contributed by atoms with Crippen LogP contribution in [0.1, 0.15) is 25.0 Å². The first-order valence-electron chi connectivity index (χ1n) is 4.58. The zero-order valence-corrected chi connectivity index (χ0v) is 9.73. The van der Waals surface area contributed by atoms with E-state index in [2.05, 4.69) is 18.3 Å². The predicted molar refractivity (Wildman–Crippen MR) is 66.8 cm³/mol. The quantitative estimate of drug-likeness (QED) is 0.629. The Hall–Kier alpha value is -1.08. The number of benzene rings is 1. The maximum Gasteiger partial charge on any atom is 0.0724 e. The highest BCUT2D eigenvalue weighted by Gasteiger charge is 2.02. The number of hydrogen-bond donors (Lipinski definition) is 0. The molecule has 14 heavy (non-hydrogen) atoms. The molecule has 0 bridgehead atoms. The molecule has 0 aliphatic carbocycles. The van der Waals surface area contributed by atoms with Crippen molar-refractivity contribution in [3.8, 4) is 0 Å². The summed E-state index contributed by atoms with van der Waals surface area (Å²) < 4.78 is 0. The highest BCUT2D eigenvalue weighted by atomic mass is 35.5. The minimum Gasteiger partial charge on any atom is -0.264 e. The molecule has 1 aromatic carbocycles. The van der Waals surface area contributed by atoms with E-state index in [1.807, 2.05) is 32.9 Å². The van der Waals surface area contributed by atoms with Crippen LogP contribution in [0, 0.1) is 6.92 Å². The third-order valence-corrected chi connectivity index (χ3v) is 1.89. The molecule has 0 heterocycles. The predicted octanol–water partition coefficient (Wildman–Crippen LogP) is 4.65. The molecule has 0 radical (unpaired) electrons. The van der Waals surface area contributed by atoms with Gasteiger partial charge < -0.3 is 0 Å². The molecule has 1 rings (SSSR count).